The molecule has 0 amide bonds. The van der Waals surface area contributed by atoms with Crippen molar-refractivity contribution in [3.05, 3.63) is 88.7 Å². The van der Waals surface area contributed by atoms with Crippen LogP contribution in [0.3, 0.4) is 0 Å². The molecular formula is C23H20N4OS. The summed E-state index contributed by atoms with van der Waals surface area (Å²) in [6.45, 7) is 2.08. The Morgan fingerprint density at radius 3 is 2.62 bits per heavy atom. The zero-order valence-electron chi connectivity index (χ0n) is 16.1. The molecule has 29 heavy (non-hydrogen) atoms. The van der Waals surface area contributed by atoms with E-state index in [2.05, 4.69) is 58.4 Å². The van der Waals surface area contributed by atoms with E-state index in [1.807, 2.05) is 18.2 Å². The van der Waals surface area contributed by atoms with Gasteiger partial charge in [-0.1, -0.05) is 71.9 Å². The molecule has 2 aromatic carbocycles. The van der Waals surface area contributed by atoms with Crippen molar-refractivity contribution >= 4 is 23.3 Å². The highest BCUT2D eigenvalue weighted by Gasteiger charge is 2.28. The molecule has 0 N–H and O–H groups in total. The fraction of sp³-hybridized carbons (Fsp3) is 0.217. The molecule has 0 saturated heterocycles. The lowest BCUT2D eigenvalue weighted by Crippen LogP contribution is -2.21. The highest BCUT2D eigenvalue weighted by molar-refractivity contribution is 7.98. The van der Waals surface area contributed by atoms with Crippen LogP contribution < -0.4 is 0 Å². The quantitative estimate of drug-likeness (QED) is 0.467. The van der Waals surface area contributed by atoms with E-state index in [0.717, 1.165) is 17.9 Å². The number of hydrogen-bond acceptors (Lipinski definition) is 5. The first kappa shape index (κ1) is 18.1. The molecule has 2 heterocycles. The molecule has 1 aliphatic carbocycles. The highest BCUT2D eigenvalue weighted by Crippen LogP contribution is 2.32. The van der Waals surface area contributed by atoms with Crippen molar-refractivity contribution < 1.29 is 4.79 Å². The third-order valence-corrected chi connectivity index (χ3v) is 6.23. The molecule has 0 radical (unpaired) electrons. The van der Waals surface area contributed by atoms with Crippen molar-refractivity contribution in [3.8, 4) is 0 Å². The normalized spacial score (nSPS) is 16.2. The second-order valence-electron chi connectivity index (χ2n) is 7.45. The van der Waals surface area contributed by atoms with Crippen molar-refractivity contribution in [2.45, 2.75) is 36.6 Å². The number of rotatable bonds is 4. The van der Waals surface area contributed by atoms with Crippen LogP contribution in [0.25, 0.3) is 5.78 Å². The monoisotopic (exact) mass is 400 g/mol. The molecule has 0 saturated carbocycles. The van der Waals surface area contributed by atoms with Gasteiger partial charge in [0, 0.05) is 18.4 Å². The van der Waals surface area contributed by atoms with E-state index < -0.39 is 0 Å². The van der Waals surface area contributed by atoms with E-state index in [-0.39, 0.29) is 11.7 Å². The Labute approximate surface area is 173 Å². The molecule has 0 unspecified atom stereocenters. The summed E-state index contributed by atoms with van der Waals surface area (Å²) in [6.07, 6.45) is 3.05. The summed E-state index contributed by atoms with van der Waals surface area (Å²) in [5.74, 6) is 1.64. The summed E-state index contributed by atoms with van der Waals surface area (Å²) in [6, 6.07) is 18.7. The van der Waals surface area contributed by atoms with Crippen LogP contribution in [0.5, 0.6) is 0 Å². The van der Waals surface area contributed by atoms with E-state index in [0.29, 0.717) is 22.9 Å². The predicted molar refractivity (Wildman–Crippen MR) is 113 cm³/mol. The van der Waals surface area contributed by atoms with Gasteiger partial charge in [0.05, 0.1) is 11.3 Å². The molecule has 1 aliphatic rings. The highest BCUT2D eigenvalue weighted by atomic mass is 32.2. The molecule has 1 atom stereocenters. The number of Topliss-reactive ketones (excluding diaryl/α,β-unsaturated/α-hetero) is 1. The Hall–Kier alpha value is -2.99. The topological polar surface area (TPSA) is 60.1 Å². The molecule has 4 aromatic rings. The van der Waals surface area contributed by atoms with Crippen molar-refractivity contribution in [3.63, 3.8) is 0 Å². The third-order valence-electron chi connectivity index (χ3n) is 5.32. The van der Waals surface area contributed by atoms with E-state index in [9.17, 15) is 4.79 Å². The summed E-state index contributed by atoms with van der Waals surface area (Å²) in [7, 11) is 0. The Bertz CT molecular complexity index is 1180. The fourth-order valence-corrected chi connectivity index (χ4v) is 4.50. The van der Waals surface area contributed by atoms with Gasteiger partial charge in [-0.05, 0) is 30.4 Å². The van der Waals surface area contributed by atoms with E-state index in [1.165, 1.54) is 16.7 Å². The maximum absolute atomic E-state index is 12.8. The number of fused-ring (bicyclic) bond motifs is 2. The average molecular weight is 401 g/mol. The van der Waals surface area contributed by atoms with Gasteiger partial charge in [0.2, 0.25) is 5.16 Å². The Kier molecular flexibility index (Phi) is 4.64. The lowest BCUT2D eigenvalue weighted by Gasteiger charge is -2.22. The number of carbonyl (C=O) groups excluding carboxylic acids is 1. The summed E-state index contributed by atoms with van der Waals surface area (Å²) in [5, 5.41) is 5.19. The smallest absolute Gasteiger partial charge is 0.253 e. The van der Waals surface area contributed by atoms with Crippen molar-refractivity contribution in [2.75, 3.05) is 0 Å². The van der Waals surface area contributed by atoms with E-state index in [1.54, 1.807) is 22.5 Å². The fourth-order valence-electron chi connectivity index (χ4n) is 3.72. The second-order valence-corrected chi connectivity index (χ2v) is 8.40. The van der Waals surface area contributed by atoms with Crippen LogP contribution in [-0.2, 0) is 12.2 Å². The Balaban J connectivity index is 1.40. The maximum atomic E-state index is 12.8. The number of hydrogen-bond donors (Lipinski definition) is 0. The molecule has 5 rings (SSSR count). The molecule has 6 heteroatoms. The molecule has 0 spiro atoms. The lowest BCUT2D eigenvalue weighted by molar-refractivity contribution is 0.0962. The first-order valence-corrected chi connectivity index (χ1v) is 10.7. The van der Waals surface area contributed by atoms with Gasteiger partial charge in [0.15, 0.2) is 5.78 Å². The first-order chi connectivity index (χ1) is 14.2. The van der Waals surface area contributed by atoms with Gasteiger partial charge in [0.1, 0.15) is 0 Å². The molecule has 2 aromatic heterocycles. The third kappa shape index (κ3) is 3.68. The van der Waals surface area contributed by atoms with Crippen LogP contribution in [0.2, 0.25) is 0 Å². The molecule has 5 nitrogen and oxygen atoms in total. The zero-order chi connectivity index (χ0) is 19.8. The van der Waals surface area contributed by atoms with Gasteiger partial charge in [-0.2, -0.15) is 4.98 Å². The Morgan fingerprint density at radius 2 is 1.83 bits per heavy atom. The van der Waals surface area contributed by atoms with Crippen LogP contribution >= 0.6 is 11.8 Å². The number of ketones is 1. The minimum Gasteiger partial charge on any atom is -0.294 e. The van der Waals surface area contributed by atoms with Gasteiger partial charge in [-0.3, -0.25) is 4.79 Å². The van der Waals surface area contributed by atoms with Gasteiger partial charge in [-0.15, -0.1) is 5.10 Å². The summed E-state index contributed by atoms with van der Waals surface area (Å²) in [4.78, 5) is 22.0. The zero-order valence-corrected chi connectivity index (χ0v) is 16.9. The van der Waals surface area contributed by atoms with Crippen LogP contribution in [0.15, 0.2) is 66.0 Å². The number of thioether (sulfide) groups is 1. The molecular weight excluding hydrogens is 380 g/mol. The number of carbonyl (C=O) groups is 1. The lowest BCUT2D eigenvalue weighted by atomic mass is 9.82. The van der Waals surface area contributed by atoms with Gasteiger partial charge in [-0.25, -0.2) is 9.50 Å². The largest absolute Gasteiger partial charge is 0.294 e. The van der Waals surface area contributed by atoms with Gasteiger partial charge in [0.25, 0.3) is 5.78 Å². The summed E-state index contributed by atoms with van der Waals surface area (Å²) in [5.41, 5.74) is 5.16. The second kappa shape index (κ2) is 7.44. The van der Waals surface area contributed by atoms with Crippen LogP contribution in [0.4, 0.5) is 0 Å². The standard InChI is InChI=1S/C23H20N4OS/c1-15-7-9-16(10-8-15)14-29-23-25-22-24-20-11-18(17-5-3-2-4-6-17)12-21(28)19(20)13-27(22)26-23/h2-10,13,18H,11-12,14H2,1H3/t18-/m1/s1. The maximum Gasteiger partial charge on any atom is 0.253 e. The minimum absolute atomic E-state index is 0.124. The van der Waals surface area contributed by atoms with Crippen molar-refractivity contribution in [1.82, 2.24) is 19.6 Å². The molecule has 144 valence electrons. The van der Waals surface area contributed by atoms with E-state index >= 15 is 0 Å². The minimum atomic E-state index is 0.124. The van der Waals surface area contributed by atoms with Crippen molar-refractivity contribution in [2.24, 2.45) is 0 Å². The molecule has 0 fully saturated rings. The number of aromatic nitrogens is 4. The average Bonchev–Trinajstić information content (AvgIpc) is 3.14. The Morgan fingerprint density at radius 1 is 1.03 bits per heavy atom. The van der Waals surface area contributed by atoms with E-state index in [4.69, 9.17) is 0 Å². The first-order valence-electron chi connectivity index (χ1n) is 9.68. The van der Waals surface area contributed by atoms with Crippen molar-refractivity contribution in [1.29, 1.82) is 0 Å². The molecule has 0 bridgehead atoms. The number of aryl methyl sites for hydroxylation is 1. The van der Waals surface area contributed by atoms with Gasteiger partial charge >= 0.3 is 0 Å². The summed E-state index contributed by atoms with van der Waals surface area (Å²) < 4.78 is 1.64. The molecule has 0 aliphatic heterocycles. The number of benzene rings is 2. The number of nitrogens with zero attached hydrogens (tertiary/aromatic N) is 4. The predicted octanol–water partition coefficient (Wildman–Crippen LogP) is 4.64. The summed E-state index contributed by atoms with van der Waals surface area (Å²) >= 11 is 1.58. The van der Waals surface area contributed by atoms with Gasteiger partial charge < -0.3 is 0 Å². The van der Waals surface area contributed by atoms with Crippen LogP contribution in [0, 0.1) is 6.92 Å². The SMILES string of the molecule is Cc1ccc(CSc2nc3nc4c(cn3n2)C(=O)C[C@H](c2ccccc2)C4)cc1. The van der Waals surface area contributed by atoms with Crippen LogP contribution in [0.1, 0.15) is 45.1 Å². The van der Waals surface area contributed by atoms with Crippen LogP contribution in [-0.4, -0.2) is 25.4 Å².